The van der Waals surface area contributed by atoms with E-state index in [-0.39, 0.29) is 29.5 Å². The monoisotopic (exact) mass is 389 g/mol. The van der Waals surface area contributed by atoms with Crippen molar-refractivity contribution in [3.8, 4) is 0 Å². The quantitative estimate of drug-likeness (QED) is 0.731. The van der Waals surface area contributed by atoms with Crippen LogP contribution < -0.4 is 5.56 Å². The molecule has 144 valence electrons. The Labute approximate surface area is 156 Å². The molecule has 3 aromatic rings. The first-order chi connectivity index (χ1) is 13.4. The molecular weight excluding hydrogens is 375 g/mol. The Morgan fingerprint density at radius 3 is 2.61 bits per heavy atom. The maximum atomic E-state index is 13.9. The molecule has 6 nitrogen and oxygen atoms in total. The standard InChI is InChI=1S/C19H14F3N3O3/c1-25(19(27)9-2-10(20)6-23-5-9)16-8-28-7-15-17(16)11-3-13(21)14(22)4-12(11)18(26)24-15/h2-6,16H,7-8H2,1H3,(H,24,26)/t16-/m0/s1. The third-order valence-corrected chi connectivity index (χ3v) is 4.78. The number of nitrogens with one attached hydrogen (secondary N) is 1. The molecular formula is C19H14F3N3O3. The molecule has 0 bridgehead atoms. The highest BCUT2D eigenvalue weighted by Crippen LogP contribution is 2.34. The number of rotatable bonds is 2. The number of benzene rings is 1. The summed E-state index contributed by atoms with van der Waals surface area (Å²) in [6.45, 7) is 0.123. The van der Waals surface area contributed by atoms with Crippen molar-refractivity contribution in [3.05, 3.63) is 75.2 Å². The van der Waals surface area contributed by atoms with Crippen LogP contribution in [0.25, 0.3) is 10.8 Å². The molecule has 0 unspecified atom stereocenters. The number of ether oxygens (including phenoxy) is 1. The van der Waals surface area contributed by atoms with Crippen LogP contribution in [-0.4, -0.2) is 34.4 Å². The van der Waals surface area contributed by atoms with Gasteiger partial charge in [-0.1, -0.05) is 0 Å². The van der Waals surface area contributed by atoms with Crippen LogP contribution in [0.3, 0.4) is 0 Å². The predicted octanol–water partition coefficient (Wildman–Crippen LogP) is 2.68. The molecule has 2 aromatic heterocycles. The minimum absolute atomic E-state index is 0.0283. The van der Waals surface area contributed by atoms with Gasteiger partial charge in [0.15, 0.2) is 11.6 Å². The van der Waals surface area contributed by atoms with Gasteiger partial charge in [-0.25, -0.2) is 13.2 Å². The summed E-state index contributed by atoms with van der Waals surface area (Å²) in [4.78, 5) is 32.6. The molecule has 1 aromatic carbocycles. The first-order valence-electron chi connectivity index (χ1n) is 8.36. The lowest BCUT2D eigenvalue weighted by Crippen LogP contribution is -2.37. The van der Waals surface area contributed by atoms with E-state index in [9.17, 15) is 22.8 Å². The van der Waals surface area contributed by atoms with Crippen LogP contribution in [0, 0.1) is 17.5 Å². The summed E-state index contributed by atoms with van der Waals surface area (Å²) >= 11 is 0. The lowest BCUT2D eigenvalue weighted by atomic mass is 9.95. The molecule has 3 heterocycles. The summed E-state index contributed by atoms with van der Waals surface area (Å²) in [5, 5.41) is 0.167. The van der Waals surface area contributed by atoms with Gasteiger partial charge in [-0.15, -0.1) is 0 Å². The van der Waals surface area contributed by atoms with Crippen molar-refractivity contribution < 1.29 is 22.7 Å². The number of hydrogen-bond acceptors (Lipinski definition) is 4. The number of carbonyl (C=O) groups is 1. The molecule has 0 saturated heterocycles. The average Bonchev–Trinajstić information content (AvgIpc) is 2.68. The fourth-order valence-corrected chi connectivity index (χ4v) is 3.42. The Morgan fingerprint density at radius 2 is 1.89 bits per heavy atom. The normalized spacial score (nSPS) is 16.1. The van der Waals surface area contributed by atoms with Crippen LogP contribution >= 0.6 is 0 Å². The largest absolute Gasteiger partial charge is 0.373 e. The smallest absolute Gasteiger partial charge is 0.256 e. The summed E-state index contributed by atoms with van der Waals surface area (Å²) in [7, 11) is 1.48. The van der Waals surface area contributed by atoms with Crippen LogP contribution in [0.4, 0.5) is 13.2 Å². The molecule has 9 heteroatoms. The molecule has 0 saturated carbocycles. The van der Waals surface area contributed by atoms with Crippen LogP contribution in [0.1, 0.15) is 27.7 Å². The van der Waals surface area contributed by atoms with Gasteiger partial charge < -0.3 is 14.6 Å². The van der Waals surface area contributed by atoms with Crippen molar-refractivity contribution in [1.82, 2.24) is 14.9 Å². The number of pyridine rings is 2. The Bertz CT molecular complexity index is 1160. The Balaban J connectivity index is 1.86. The first kappa shape index (κ1) is 18.2. The third kappa shape index (κ3) is 2.93. The minimum Gasteiger partial charge on any atom is -0.373 e. The second-order valence-corrected chi connectivity index (χ2v) is 6.50. The molecule has 1 aliphatic heterocycles. The number of fused-ring (bicyclic) bond motifs is 3. The van der Waals surface area contributed by atoms with Crippen molar-refractivity contribution in [1.29, 1.82) is 0 Å². The van der Waals surface area contributed by atoms with Crippen molar-refractivity contribution in [2.75, 3.05) is 13.7 Å². The summed E-state index contributed by atoms with van der Waals surface area (Å²) in [5.41, 5.74) is 0.275. The highest BCUT2D eigenvalue weighted by atomic mass is 19.2. The second kappa shape index (κ2) is 6.75. The van der Waals surface area contributed by atoms with Gasteiger partial charge in [-0.2, -0.15) is 0 Å². The number of nitrogens with zero attached hydrogens (tertiary/aromatic N) is 2. The van der Waals surface area contributed by atoms with Crippen LogP contribution in [0.2, 0.25) is 0 Å². The summed E-state index contributed by atoms with van der Waals surface area (Å²) in [5.74, 6) is -3.44. The summed E-state index contributed by atoms with van der Waals surface area (Å²) < 4.78 is 46.5. The van der Waals surface area contributed by atoms with E-state index in [2.05, 4.69) is 9.97 Å². The van der Waals surface area contributed by atoms with Gasteiger partial charge in [-0.3, -0.25) is 14.6 Å². The number of hydrogen-bond donors (Lipinski definition) is 1. The number of aromatic amines is 1. The summed E-state index contributed by atoms with van der Waals surface area (Å²) in [6, 6.07) is 2.12. The van der Waals surface area contributed by atoms with Gasteiger partial charge in [0.05, 0.1) is 36.4 Å². The van der Waals surface area contributed by atoms with E-state index >= 15 is 0 Å². The number of halogens is 3. The van der Waals surface area contributed by atoms with Gasteiger partial charge in [0.25, 0.3) is 11.5 Å². The van der Waals surface area contributed by atoms with E-state index in [1.807, 2.05) is 0 Å². The zero-order valence-electron chi connectivity index (χ0n) is 14.6. The highest BCUT2D eigenvalue weighted by molar-refractivity contribution is 5.95. The maximum absolute atomic E-state index is 13.9. The minimum atomic E-state index is -1.14. The summed E-state index contributed by atoms with van der Waals surface area (Å²) in [6.07, 6.45) is 2.21. The molecule has 4 rings (SSSR count). The van der Waals surface area contributed by atoms with E-state index in [0.717, 1.165) is 24.4 Å². The predicted molar refractivity (Wildman–Crippen MR) is 93.2 cm³/mol. The lowest BCUT2D eigenvalue weighted by molar-refractivity contribution is 0.0335. The Morgan fingerprint density at radius 1 is 1.18 bits per heavy atom. The molecule has 1 N–H and O–H groups in total. The fraction of sp³-hybridized carbons (Fsp3) is 0.211. The number of H-pyrrole nitrogens is 1. The molecule has 1 aliphatic rings. The van der Waals surface area contributed by atoms with Crippen LogP contribution in [0.15, 0.2) is 35.4 Å². The molecule has 1 atom stereocenters. The van der Waals surface area contributed by atoms with Crippen molar-refractivity contribution in [2.45, 2.75) is 12.6 Å². The topological polar surface area (TPSA) is 75.3 Å². The van der Waals surface area contributed by atoms with E-state index in [1.54, 1.807) is 0 Å². The molecule has 1 amide bonds. The number of carbonyl (C=O) groups excluding carboxylic acids is 1. The van der Waals surface area contributed by atoms with Crippen molar-refractivity contribution in [3.63, 3.8) is 0 Å². The van der Waals surface area contributed by atoms with Crippen molar-refractivity contribution in [2.24, 2.45) is 0 Å². The molecule has 0 spiro atoms. The van der Waals surface area contributed by atoms with Crippen LogP contribution in [-0.2, 0) is 11.3 Å². The average molecular weight is 389 g/mol. The first-order valence-corrected chi connectivity index (χ1v) is 8.36. The van der Waals surface area contributed by atoms with Gasteiger partial charge >= 0.3 is 0 Å². The number of amides is 1. The molecule has 28 heavy (non-hydrogen) atoms. The van der Waals surface area contributed by atoms with Gasteiger partial charge in [0.2, 0.25) is 0 Å². The third-order valence-electron chi connectivity index (χ3n) is 4.78. The van der Waals surface area contributed by atoms with E-state index in [4.69, 9.17) is 4.74 Å². The van der Waals surface area contributed by atoms with Crippen molar-refractivity contribution >= 4 is 16.7 Å². The van der Waals surface area contributed by atoms with E-state index in [0.29, 0.717) is 11.3 Å². The van der Waals surface area contributed by atoms with Crippen LogP contribution in [0.5, 0.6) is 0 Å². The number of aromatic nitrogens is 2. The second-order valence-electron chi connectivity index (χ2n) is 6.50. The fourth-order valence-electron chi connectivity index (χ4n) is 3.42. The van der Waals surface area contributed by atoms with Gasteiger partial charge in [0.1, 0.15) is 5.82 Å². The van der Waals surface area contributed by atoms with E-state index < -0.39 is 35.0 Å². The van der Waals surface area contributed by atoms with Gasteiger partial charge in [0, 0.05) is 24.5 Å². The Hall–Kier alpha value is -3.20. The molecule has 0 aliphatic carbocycles. The highest BCUT2D eigenvalue weighted by Gasteiger charge is 2.31. The SMILES string of the molecule is CN(C(=O)c1cncc(F)c1)[C@H]1COCc2[nH]c(=O)c3cc(F)c(F)cc3c21. The van der Waals surface area contributed by atoms with E-state index in [1.165, 1.54) is 18.1 Å². The number of likely N-dealkylation sites (N-methyl/N-ethyl adjacent to an activating group) is 1. The lowest BCUT2D eigenvalue weighted by Gasteiger charge is -2.33. The Kier molecular flexibility index (Phi) is 4.38. The zero-order chi connectivity index (χ0) is 20.0. The maximum Gasteiger partial charge on any atom is 0.256 e. The molecule has 0 fully saturated rings. The van der Waals surface area contributed by atoms with Gasteiger partial charge in [-0.05, 0) is 23.6 Å². The molecule has 0 radical (unpaired) electrons. The zero-order valence-corrected chi connectivity index (χ0v) is 14.6.